The van der Waals surface area contributed by atoms with Crippen LogP contribution in [0.5, 0.6) is 0 Å². The highest BCUT2D eigenvalue weighted by molar-refractivity contribution is 7.90. The van der Waals surface area contributed by atoms with Gasteiger partial charge in [0.25, 0.3) is 5.91 Å². The highest BCUT2D eigenvalue weighted by atomic mass is 32.2. The molecule has 0 saturated carbocycles. The summed E-state index contributed by atoms with van der Waals surface area (Å²) in [5, 5.41) is 4.56. The number of nitrogens with zero attached hydrogens (tertiary/aromatic N) is 1. The topological polar surface area (TPSA) is 83.6 Å². The van der Waals surface area contributed by atoms with Crippen molar-refractivity contribution in [1.82, 2.24) is 10.2 Å². The average Bonchev–Trinajstić information content (AvgIpc) is 2.74. The highest BCUT2D eigenvalue weighted by Gasteiger charge is 2.49. The van der Waals surface area contributed by atoms with E-state index in [1.807, 2.05) is 36.4 Å². The molecule has 0 radical (unpaired) electrons. The first kappa shape index (κ1) is 16.4. The van der Waals surface area contributed by atoms with Gasteiger partial charge in [0.1, 0.15) is 15.4 Å². The van der Waals surface area contributed by atoms with Crippen LogP contribution >= 0.6 is 0 Å². The lowest BCUT2D eigenvalue weighted by Gasteiger charge is -2.24. The van der Waals surface area contributed by atoms with Crippen LogP contribution in [-0.2, 0) is 20.2 Å². The third-order valence-corrected chi connectivity index (χ3v) is 5.21. The van der Waals surface area contributed by atoms with Crippen LogP contribution in [-0.4, -0.2) is 43.8 Å². The number of carbonyl (C=O) groups is 2. The molecule has 1 fully saturated rings. The maximum Gasteiger partial charge on any atom is 0.325 e. The zero-order valence-corrected chi connectivity index (χ0v) is 14.3. The second-order valence-corrected chi connectivity index (χ2v) is 8.43. The molecule has 126 valence electrons. The largest absolute Gasteiger partial charge is 0.325 e. The molecular formula is C17H18N2O4S. The molecule has 1 atom stereocenters. The summed E-state index contributed by atoms with van der Waals surface area (Å²) in [4.78, 5) is 26.0. The van der Waals surface area contributed by atoms with Gasteiger partial charge in [0.2, 0.25) is 0 Å². The van der Waals surface area contributed by atoms with Crippen LogP contribution in [0.25, 0.3) is 10.8 Å². The predicted octanol–water partition coefficient (Wildman–Crippen LogP) is 1.65. The first-order valence-electron chi connectivity index (χ1n) is 7.52. The molecule has 3 rings (SSSR count). The minimum absolute atomic E-state index is 0.149. The molecule has 1 aliphatic rings. The Morgan fingerprint density at radius 1 is 1.08 bits per heavy atom. The van der Waals surface area contributed by atoms with Gasteiger partial charge in [-0.05, 0) is 23.3 Å². The molecule has 0 bridgehead atoms. The maximum absolute atomic E-state index is 12.8. The van der Waals surface area contributed by atoms with Crippen LogP contribution in [0.4, 0.5) is 4.79 Å². The third kappa shape index (κ3) is 2.75. The van der Waals surface area contributed by atoms with Crippen LogP contribution in [0.1, 0.15) is 12.5 Å². The number of imide groups is 1. The third-order valence-electron chi connectivity index (χ3n) is 4.29. The van der Waals surface area contributed by atoms with Crippen molar-refractivity contribution in [2.75, 3.05) is 18.6 Å². The Morgan fingerprint density at radius 2 is 1.75 bits per heavy atom. The molecule has 24 heavy (non-hydrogen) atoms. The first-order valence-corrected chi connectivity index (χ1v) is 9.58. The van der Waals surface area contributed by atoms with Crippen molar-refractivity contribution in [3.63, 3.8) is 0 Å². The van der Waals surface area contributed by atoms with Gasteiger partial charge in [0.05, 0.1) is 5.75 Å². The lowest BCUT2D eigenvalue weighted by molar-refractivity contribution is -0.130. The van der Waals surface area contributed by atoms with Crippen molar-refractivity contribution >= 4 is 32.5 Å². The number of fused-ring (bicyclic) bond motifs is 1. The SMILES string of the molecule is C[C@@]1(c2cccc3ccccc23)NC(=O)N(CCS(C)(=O)=O)C1=O. The number of carbonyl (C=O) groups excluding carboxylic acids is 2. The monoisotopic (exact) mass is 346 g/mol. The van der Waals surface area contributed by atoms with Crippen molar-refractivity contribution in [2.45, 2.75) is 12.5 Å². The lowest BCUT2D eigenvalue weighted by Crippen LogP contribution is -2.41. The van der Waals surface area contributed by atoms with E-state index in [1.165, 1.54) is 0 Å². The molecule has 7 heteroatoms. The Balaban J connectivity index is 2.01. The molecule has 3 amide bonds. The summed E-state index contributed by atoms with van der Waals surface area (Å²) in [6.45, 7) is 1.50. The summed E-state index contributed by atoms with van der Waals surface area (Å²) in [5.74, 6) is -0.690. The number of sulfone groups is 1. The van der Waals surface area contributed by atoms with Gasteiger partial charge in [0, 0.05) is 12.8 Å². The minimum atomic E-state index is -3.27. The fraction of sp³-hybridized carbons (Fsp3) is 0.294. The molecule has 0 aromatic heterocycles. The maximum atomic E-state index is 12.8. The van der Waals surface area contributed by atoms with Gasteiger partial charge in [-0.3, -0.25) is 9.69 Å². The van der Waals surface area contributed by atoms with Crippen LogP contribution in [0.15, 0.2) is 42.5 Å². The van der Waals surface area contributed by atoms with Gasteiger partial charge in [-0.25, -0.2) is 13.2 Å². The number of benzene rings is 2. The van der Waals surface area contributed by atoms with Crippen molar-refractivity contribution in [3.05, 3.63) is 48.0 Å². The van der Waals surface area contributed by atoms with Gasteiger partial charge in [-0.2, -0.15) is 0 Å². The molecule has 0 unspecified atom stereocenters. The molecule has 1 aliphatic heterocycles. The summed E-state index contributed by atoms with van der Waals surface area (Å²) >= 11 is 0. The van der Waals surface area contributed by atoms with E-state index in [0.29, 0.717) is 5.56 Å². The summed E-state index contributed by atoms with van der Waals surface area (Å²) in [6.07, 6.45) is 1.08. The smallest absolute Gasteiger partial charge is 0.319 e. The first-order chi connectivity index (χ1) is 11.2. The van der Waals surface area contributed by atoms with Crippen molar-refractivity contribution < 1.29 is 18.0 Å². The van der Waals surface area contributed by atoms with E-state index in [4.69, 9.17) is 0 Å². The summed E-state index contributed by atoms with van der Waals surface area (Å²) < 4.78 is 22.7. The Kier molecular flexibility index (Phi) is 3.83. The van der Waals surface area contributed by atoms with E-state index in [2.05, 4.69) is 5.32 Å². The molecule has 6 nitrogen and oxygen atoms in total. The number of amides is 3. The Labute approximate surface area is 140 Å². The number of hydrogen-bond acceptors (Lipinski definition) is 4. The molecule has 2 aromatic carbocycles. The zero-order valence-electron chi connectivity index (χ0n) is 13.4. The lowest BCUT2D eigenvalue weighted by atomic mass is 9.88. The average molecular weight is 346 g/mol. The van der Waals surface area contributed by atoms with E-state index < -0.39 is 27.3 Å². The van der Waals surface area contributed by atoms with E-state index in [1.54, 1.807) is 13.0 Å². The standard InChI is InChI=1S/C17H18N2O4S/c1-17(14-9-5-7-12-6-3-4-8-13(12)14)15(20)19(16(21)18-17)10-11-24(2,22)23/h3-9H,10-11H2,1-2H3,(H,18,21)/t17-/m0/s1. The highest BCUT2D eigenvalue weighted by Crippen LogP contribution is 2.33. The molecule has 1 heterocycles. The Morgan fingerprint density at radius 3 is 2.46 bits per heavy atom. The number of hydrogen-bond donors (Lipinski definition) is 1. The second kappa shape index (κ2) is 5.59. The quantitative estimate of drug-likeness (QED) is 0.853. The normalized spacial score (nSPS) is 21.3. The van der Waals surface area contributed by atoms with Crippen LogP contribution in [0.2, 0.25) is 0 Å². The van der Waals surface area contributed by atoms with Crippen LogP contribution in [0.3, 0.4) is 0 Å². The van der Waals surface area contributed by atoms with Crippen molar-refractivity contribution in [1.29, 1.82) is 0 Å². The van der Waals surface area contributed by atoms with Gasteiger partial charge in [0.15, 0.2) is 0 Å². The molecule has 1 N–H and O–H groups in total. The van der Waals surface area contributed by atoms with Gasteiger partial charge >= 0.3 is 6.03 Å². The molecular weight excluding hydrogens is 328 g/mol. The molecule has 0 aliphatic carbocycles. The van der Waals surface area contributed by atoms with Gasteiger partial charge < -0.3 is 5.32 Å². The van der Waals surface area contributed by atoms with Crippen molar-refractivity contribution in [2.24, 2.45) is 0 Å². The predicted molar refractivity (Wildman–Crippen MR) is 91.3 cm³/mol. The van der Waals surface area contributed by atoms with Gasteiger partial charge in [-0.1, -0.05) is 42.5 Å². The number of nitrogens with one attached hydrogen (secondary N) is 1. The van der Waals surface area contributed by atoms with E-state index in [0.717, 1.165) is 21.9 Å². The Bertz CT molecular complexity index is 933. The van der Waals surface area contributed by atoms with Crippen molar-refractivity contribution in [3.8, 4) is 0 Å². The van der Waals surface area contributed by atoms with E-state index in [-0.39, 0.29) is 12.3 Å². The second-order valence-electron chi connectivity index (χ2n) is 6.17. The fourth-order valence-corrected chi connectivity index (χ4v) is 3.52. The number of urea groups is 1. The van der Waals surface area contributed by atoms with E-state index in [9.17, 15) is 18.0 Å². The van der Waals surface area contributed by atoms with Gasteiger partial charge in [-0.15, -0.1) is 0 Å². The summed E-state index contributed by atoms with van der Waals surface area (Å²) in [5.41, 5.74) is -0.518. The summed E-state index contributed by atoms with van der Waals surface area (Å²) in [7, 11) is -3.27. The minimum Gasteiger partial charge on any atom is -0.319 e. The van der Waals surface area contributed by atoms with Crippen LogP contribution < -0.4 is 5.32 Å². The van der Waals surface area contributed by atoms with Crippen LogP contribution in [0, 0.1) is 0 Å². The zero-order chi connectivity index (χ0) is 17.5. The Hall–Kier alpha value is -2.41. The fourth-order valence-electron chi connectivity index (χ4n) is 3.00. The summed E-state index contributed by atoms with van der Waals surface area (Å²) in [6, 6.07) is 12.6. The molecule has 0 spiro atoms. The molecule has 2 aromatic rings. The van der Waals surface area contributed by atoms with E-state index >= 15 is 0 Å². The molecule has 1 saturated heterocycles. The number of rotatable bonds is 4.